The summed E-state index contributed by atoms with van der Waals surface area (Å²) in [6, 6.07) is 16.5. The van der Waals surface area contributed by atoms with Crippen molar-refractivity contribution in [2.24, 2.45) is 0 Å². The average Bonchev–Trinajstić information content (AvgIpc) is 2.64. The molecule has 6 heteroatoms. The summed E-state index contributed by atoms with van der Waals surface area (Å²) in [6.45, 7) is 2.26. The van der Waals surface area contributed by atoms with Crippen molar-refractivity contribution in [3.63, 3.8) is 0 Å². The van der Waals surface area contributed by atoms with Crippen molar-refractivity contribution in [2.45, 2.75) is 13.5 Å². The van der Waals surface area contributed by atoms with Gasteiger partial charge in [-0.2, -0.15) is 0 Å². The number of rotatable bonds is 5. The summed E-state index contributed by atoms with van der Waals surface area (Å²) in [7, 11) is 0. The number of halogens is 1. The van der Waals surface area contributed by atoms with Crippen molar-refractivity contribution in [1.29, 1.82) is 0 Å². The van der Waals surface area contributed by atoms with Crippen LogP contribution in [-0.4, -0.2) is 15.9 Å². The highest BCUT2D eigenvalue weighted by Gasteiger charge is 2.11. The van der Waals surface area contributed by atoms with Crippen LogP contribution in [0.5, 0.6) is 5.88 Å². The predicted molar refractivity (Wildman–Crippen MR) is 96.9 cm³/mol. The van der Waals surface area contributed by atoms with Gasteiger partial charge >= 0.3 is 0 Å². The van der Waals surface area contributed by atoms with E-state index in [2.05, 4.69) is 15.3 Å². The van der Waals surface area contributed by atoms with E-state index in [0.717, 1.165) is 11.1 Å². The molecule has 3 rings (SSSR count). The number of anilines is 1. The number of hydrogen-bond donors (Lipinski definition) is 1. The molecule has 126 valence electrons. The lowest BCUT2D eigenvalue weighted by molar-refractivity contribution is 0.102. The fraction of sp³-hybridized carbons (Fsp3) is 0.105. The molecule has 0 atom stereocenters. The first-order valence-corrected chi connectivity index (χ1v) is 8.06. The summed E-state index contributed by atoms with van der Waals surface area (Å²) in [5.74, 6) is -0.0100. The Bertz CT molecular complexity index is 885. The van der Waals surface area contributed by atoms with Gasteiger partial charge in [-0.15, -0.1) is 0 Å². The summed E-state index contributed by atoms with van der Waals surface area (Å²) in [5.41, 5.74) is 2.79. The number of nitrogens with one attached hydrogen (secondary N) is 1. The molecule has 0 radical (unpaired) electrons. The Morgan fingerprint density at radius 1 is 1.12 bits per heavy atom. The topological polar surface area (TPSA) is 64.1 Å². The molecule has 25 heavy (non-hydrogen) atoms. The maximum absolute atomic E-state index is 12.4. The van der Waals surface area contributed by atoms with Gasteiger partial charge < -0.3 is 10.1 Å². The molecule has 1 N–H and O–H groups in total. The predicted octanol–water partition coefficient (Wildman–Crippen LogP) is 4.27. The number of amides is 1. The minimum Gasteiger partial charge on any atom is -0.473 e. The second kappa shape index (κ2) is 7.77. The third kappa shape index (κ3) is 4.55. The van der Waals surface area contributed by atoms with Gasteiger partial charge in [0.25, 0.3) is 5.91 Å². The molecule has 0 unspecified atom stereocenters. The monoisotopic (exact) mass is 353 g/mol. The van der Waals surface area contributed by atoms with E-state index in [4.69, 9.17) is 16.3 Å². The van der Waals surface area contributed by atoms with Crippen molar-refractivity contribution in [1.82, 2.24) is 9.97 Å². The van der Waals surface area contributed by atoms with Gasteiger partial charge in [0.05, 0.1) is 0 Å². The third-order valence-corrected chi connectivity index (χ3v) is 3.79. The van der Waals surface area contributed by atoms with Crippen LogP contribution in [0, 0.1) is 6.92 Å². The first-order valence-electron chi connectivity index (χ1n) is 7.68. The number of ether oxygens (including phenoxy) is 1. The highest BCUT2D eigenvalue weighted by atomic mass is 35.5. The molecule has 0 bridgehead atoms. The molecule has 5 nitrogen and oxygen atoms in total. The molecule has 0 fully saturated rings. The van der Waals surface area contributed by atoms with Gasteiger partial charge in [-0.1, -0.05) is 48.0 Å². The molecule has 0 spiro atoms. The summed E-state index contributed by atoms with van der Waals surface area (Å²) in [4.78, 5) is 20.5. The summed E-state index contributed by atoms with van der Waals surface area (Å²) < 4.78 is 5.62. The SMILES string of the molecule is Cc1ccc(Cl)cc1NC(=O)c1cc(OCc2ccccc2)ncn1. The van der Waals surface area contributed by atoms with Gasteiger partial charge in [0.1, 0.15) is 18.6 Å². The lowest BCUT2D eigenvalue weighted by Gasteiger charge is -2.09. The highest BCUT2D eigenvalue weighted by Crippen LogP contribution is 2.21. The maximum atomic E-state index is 12.4. The zero-order chi connectivity index (χ0) is 17.6. The number of carbonyl (C=O) groups excluding carboxylic acids is 1. The summed E-state index contributed by atoms with van der Waals surface area (Å²) in [5, 5.41) is 3.35. The van der Waals surface area contributed by atoms with Gasteiger partial charge in [-0.05, 0) is 30.2 Å². The van der Waals surface area contributed by atoms with Gasteiger partial charge in [0, 0.05) is 16.8 Å². The lowest BCUT2D eigenvalue weighted by Crippen LogP contribution is -2.15. The number of carbonyl (C=O) groups is 1. The van der Waals surface area contributed by atoms with Crippen LogP contribution in [-0.2, 0) is 6.61 Å². The first-order chi connectivity index (χ1) is 12.1. The second-order valence-corrected chi connectivity index (χ2v) is 5.87. The third-order valence-electron chi connectivity index (χ3n) is 3.55. The largest absolute Gasteiger partial charge is 0.473 e. The molecule has 1 amide bonds. The Kier molecular flexibility index (Phi) is 5.26. The number of nitrogens with zero attached hydrogens (tertiary/aromatic N) is 2. The molecular formula is C19H16ClN3O2. The van der Waals surface area contributed by atoms with Crippen molar-refractivity contribution < 1.29 is 9.53 Å². The molecule has 2 aromatic carbocycles. The minimum atomic E-state index is -0.350. The van der Waals surface area contributed by atoms with E-state index in [1.165, 1.54) is 12.4 Å². The van der Waals surface area contributed by atoms with Crippen LogP contribution in [0.2, 0.25) is 5.02 Å². The van der Waals surface area contributed by atoms with Gasteiger partial charge in [-0.3, -0.25) is 4.79 Å². The Morgan fingerprint density at radius 2 is 1.92 bits per heavy atom. The van der Waals surface area contributed by atoms with E-state index in [-0.39, 0.29) is 11.6 Å². The zero-order valence-electron chi connectivity index (χ0n) is 13.6. The molecule has 0 saturated heterocycles. The number of hydrogen-bond acceptors (Lipinski definition) is 4. The normalized spacial score (nSPS) is 10.3. The van der Waals surface area contributed by atoms with Crippen LogP contribution in [0.25, 0.3) is 0 Å². The molecule has 0 aliphatic carbocycles. The van der Waals surface area contributed by atoms with Gasteiger partial charge in [0.2, 0.25) is 5.88 Å². The summed E-state index contributed by atoms with van der Waals surface area (Å²) >= 11 is 5.97. The first kappa shape index (κ1) is 16.9. The van der Waals surface area contributed by atoms with E-state index < -0.39 is 0 Å². The van der Waals surface area contributed by atoms with E-state index in [1.54, 1.807) is 12.1 Å². The molecule has 0 aliphatic heterocycles. The van der Waals surface area contributed by atoms with E-state index in [0.29, 0.717) is 23.2 Å². The molecule has 1 aromatic heterocycles. The quantitative estimate of drug-likeness (QED) is 0.744. The van der Waals surface area contributed by atoms with Crippen molar-refractivity contribution in [3.05, 3.63) is 82.8 Å². The van der Waals surface area contributed by atoms with Crippen molar-refractivity contribution in [3.8, 4) is 5.88 Å². The molecule has 1 heterocycles. The maximum Gasteiger partial charge on any atom is 0.274 e. The standard InChI is InChI=1S/C19H16ClN3O2/c1-13-7-8-15(20)9-16(13)23-19(24)17-10-18(22-12-21-17)25-11-14-5-3-2-4-6-14/h2-10,12H,11H2,1H3,(H,23,24). The van der Waals surface area contributed by atoms with Gasteiger partial charge in [-0.25, -0.2) is 9.97 Å². The number of benzene rings is 2. The number of aryl methyl sites for hydroxylation is 1. The Hall–Kier alpha value is -2.92. The number of aromatic nitrogens is 2. The molecular weight excluding hydrogens is 338 g/mol. The smallest absolute Gasteiger partial charge is 0.274 e. The van der Waals surface area contributed by atoms with Crippen molar-refractivity contribution >= 4 is 23.2 Å². The van der Waals surface area contributed by atoms with Crippen molar-refractivity contribution in [2.75, 3.05) is 5.32 Å². The zero-order valence-corrected chi connectivity index (χ0v) is 14.3. The van der Waals surface area contributed by atoms with Crippen LogP contribution < -0.4 is 10.1 Å². The lowest BCUT2D eigenvalue weighted by atomic mass is 10.2. The average molecular weight is 354 g/mol. The molecule has 3 aromatic rings. The highest BCUT2D eigenvalue weighted by molar-refractivity contribution is 6.31. The Morgan fingerprint density at radius 3 is 2.72 bits per heavy atom. The fourth-order valence-electron chi connectivity index (χ4n) is 2.19. The van der Waals surface area contributed by atoms with E-state index in [9.17, 15) is 4.79 Å². The van der Waals surface area contributed by atoms with E-state index >= 15 is 0 Å². The molecule has 0 saturated carbocycles. The Balaban J connectivity index is 1.70. The fourth-order valence-corrected chi connectivity index (χ4v) is 2.36. The van der Waals surface area contributed by atoms with Crippen LogP contribution in [0.1, 0.15) is 21.6 Å². The molecule has 0 aliphatic rings. The van der Waals surface area contributed by atoms with Crippen LogP contribution in [0.4, 0.5) is 5.69 Å². The summed E-state index contributed by atoms with van der Waals surface area (Å²) in [6.07, 6.45) is 1.31. The van der Waals surface area contributed by atoms with E-state index in [1.807, 2.05) is 43.3 Å². The second-order valence-electron chi connectivity index (χ2n) is 5.43. The van der Waals surface area contributed by atoms with Gasteiger partial charge in [0.15, 0.2) is 0 Å². The van der Waals surface area contributed by atoms with Crippen LogP contribution in [0.3, 0.4) is 0 Å². The Labute approximate surface area is 150 Å². The minimum absolute atomic E-state index is 0.220. The van der Waals surface area contributed by atoms with Crippen LogP contribution >= 0.6 is 11.6 Å². The van der Waals surface area contributed by atoms with Crippen LogP contribution in [0.15, 0.2) is 60.9 Å².